The molecule has 1 aliphatic carbocycles. The predicted octanol–water partition coefficient (Wildman–Crippen LogP) is -0.787. The van der Waals surface area contributed by atoms with Crippen LogP contribution < -0.4 is 4.74 Å². The molecule has 14 atom stereocenters. The van der Waals surface area contributed by atoms with E-state index in [9.17, 15) is 49.2 Å². The van der Waals surface area contributed by atoms with Gasteiger partial charge in [0.15, 0.2) is 18.3 Å². The summed E-state index contributed by atoms with van der Waals surface area (Å²) in [4.78, 5) is 75.5. The number of ketones is 1. The molecule has 4 N–H and O–H groups in total. The summed E-state index contributed by atoms with van der Waals surface area (Å²) in [7, 11) is 1.18. The molecule has 0 radical (unpaired) electrons. The molecule has 1 saturated carbocycles. The second kappa shape index (κ2) is 19.2. The molecule has 20 heteroatoms. The van der Waals surface area contributed by atoms with Gasteiger partial charge in [0.2, 0.25) is 18.9 Å². The normalized spacial score (nSPS) is 34.5. The number of ether oxygens (including phenoxy) is 10. The van der Waals surface area contributed by atoms with E-state index in [-0.39, 0.29) is 23.5 Å². The Kier molecular flexibility index (Phi) is 14.6. The Morgan fingerprint density at radius 1 is 0.810 bits per heavy atom. The van der Waals surface area contributed by atoms with Crippen LogP contribution in [0.3, 0.4) is 0 Å². The molecule has 58 heavy (non-hydrogen) atoms. The van der Waals surface area contributed by atoms with Crippen molar-refractivity contribution in [2.24, 2.45) is 17.8 Å². The Bertz CT molecular complexity index is 1740. The minimum Gasteiger partial charge on any atom is -0.472 e. The first-order valence-electron chi connectivity index (χ1n) is 18.2. The summed E-state index contributed by atoms with van der Waals surface area (Å²) < 4.78 is 55.9. The molecular formula is C38H46O20. The van der Waals surface area contributed by atoms with E-state index >= 15 is 0 Å². The van der Waals surface area contributed by atoms with Crippen molar-refractivity contribution >= 4 is 41.7 Å². The quantitative estimate of drug-likeness (QED) is 0.108. The van der Waals surface area contributed by atoms with E-state index in [0.29, 0.717) is 5.56 Å². The summed E-state index contributed by atoms with van der Waals surface area (Å²) in [6, 6.07) is 5.92. The van der Waals surface area contributed by atoms with E-state index in [4.69, 9.17) is 47.4 Å². The van der Waals surface area contributed by atoms with E-state index in [1.54, 1.807) is 6.92 Å². The van der Waals surface area contributed by atoms with Gasteiger partial charge < -0.3 is 67.8 Å². The van der Waals surface area contributed by atoms with Crippen LogP contribution in [0.2, 0.25) is 0 Å². The second-order valence-corrected chi connectivity index (χ2v) is 14.0. The van der Waals surface area contributed by atoms with Crippen LogP contribution in [0, 0.1) is 17.8 Å². The van der Waals surface area contributed by atoms with Crippen molar-refractivity contribution in [1.82, 2.24) is 0 Å². The highest BCUT2D eigenvalue weighted by atomic mass is 16.8. The largest absolute Gasteiger partial charge is 0.472 e. The average Bonchev–Trinajstić information content (AvgIpc) is 3.48. The van der Waals surface area contributed by atoms with E-state index in [2.05, 4.69) is 0 Å². The fourth-order valence-electron chi connectivity index (χ4n) is 7.14. The molecule has 0 bridgehead atoms. The highest BCUT2D eigenvalue weighted by Gasteiger charge is 2.57. The molecule has 3 aliphatic heterocycles. The second-order valence-electron chi connectivity index (χ2n) is 14.0. The monoisotopic (exact) mass is 822 g/mol. The zero-order valence-electron chi connectivity index (χ0n) is 32.1. The summed E-state index contributed by atoms with van der Waals surface area (Å²) in [6.45, 7) is 3.67. The third-order valence-electron chi connectivity index (χ3n) is 9.99. The maximum Gasteiger partial charge on any atom is 0.337 e. The summed E-state index contributed by atoms with van der Waals surface area (Å²) in [6.07, 6.45) is -13.1. The van der Waals surface area contributed by atoms with Gasteiger partial charge in [-0.25, -0.2) is 9.59 Å². The van der Waals surface area contributed by atoms with Gasteiger partial charge in [0.25, 0.3) is 0 Å². The van der Waals surface area contributed by atoms with E-state index in [1.165, 1.54) is 37.5 Å². The molecule has 4 aliphatic rings. The van der Waals surface area contributed by atoms with Gasteiger partial charge in [0, 0.05) is 51.0 Å². The van der Waals surface area contributed by atoms with Gasteiger partial charge in [0.1, 0.15) is 48.7 Å². The zero-order chi connectivity index (χ0) is 42.4. The molecule has 5 rings (SSSR count). The fourth-order valence-corrected chi connectivity index (χ4v) is 7.14. The third-order valence-corrected chi connectivity index (χ3v) is 9.99. The Labute approximate surface area is 331 Å². The van der Waals surface area contributed by atoms with Crippen molar-refractivity contribution in [3.63, 3.8) is 0 Å². The van der Waals surface area contributed by atoms with Gasteiger partial charge in [-0.2, -0.15) is 0 Å². The number of methoxy groups -OCH3 is 1. The van der Waals surface area contributed by atoms with Crippen molar-refractivity contribution in [3.05, 3.63) is 47.7 Å². The topological polar surface area (TPSA) is 276 Å². The highest BCUT2D eigenvalue weighted by Crippen LogP contribution is 2.46. The zero-order valence-corrected chi connectivity index (χ0v) is 32.1. The van der Waals surface area contributed by atoms with E-state index in [1.807, 2.05) is 0 Å². The number of aliphatic hydroxyl groups excluding tert-OH is 4. The van der Waals surface area contributed by atoms with Gasteiger partial charge in [-0.3, -0.25) is 19.2 Å². The summed E-state index contributed by atoms with van der Waals surface area (Å²) >= 11 is 0. The number of fused-ring (bicyclic) bond motifs is 1. The van der Waals surface area contributed by atoms with Crippen LogP contribution in [0.4, 0.5) is 0 Å². The first-order valence-corrected chi connectivity index (χ1v) is 18.2. The number of carbonyl (C=O) groups is 6. The van der Waals surface area contributed by atoms with Gasteiger partial charge in [-0.1, -0.05) is 19.1 Å². The van der Waals surface area contributed by atoms with Crippen LogP contribution in [0.25, 0.3) is 6.08 Å². The molecule has 318 valence electrons. The molecule has 0 amide bonds. The highest BCUT2D eigenvalue weighted by molar-refractivity contribution is 5.93. The number of Topliss-reactive ketones (excluding diaryl/α,β-unsaturated/α-hetero) is 1. The van der Waals surface area contributed by atoms with Crippen molar-refractivity contribution in [2.75, 3.05) is 20.3 Å². The third kappa shape index (κ3) is 10.2. The summed E-state index contributed by atoms with van der Waals surface area (Å²) in [5.74, 6) is -6.26. The molecule has 3 heterocycles. The van der Waals surface area contributed by atoms with Gasteiger partial charge >= 0.3 is 29.8 Å². The predicted molar refractivity (Wildman–Crippen MR) is 188 cm³/mol. The maximum atomic E-state index is 13.3. The molecule has 0 spiro atoms. The molecule has 3 fully saturated rings. The van der Waals surface area contributed by atoms with Crippen molar-refractivity contribution in [1.29, 1.82) is 0 Å². The van der Waals surface area contributed by atoms with Crippen LogP contribution in [0.1, 0.15) is 39.7 Å². The van der Waals surface area contributed by atoms with Gasteiger partial charge in [-0.05, 0) is 23.8 Å². The van der Waals surface area contributed by atoms with Crippen molar-refractivity contribution in [2.45, 2.75) is 102 Å². The number of esters is 5. The molecule has 1 aromatic rings. The van der Waals surface area contributed by atoms with Crippen LogP contribution in [-0.2, 0) is 71.4 Å². The SMILES string of the molecule is COC(=O)C1=CO[C@@H](O[C@@H]2O[C@H](COC(C)=O)[C@@H](OC(=O)C=Cc3ccc(O[C@H]4O[C@@H](CO)[C@H](O)[C@@H](O)[C@@H]4O)cc3)[C@H](OC(C)=O)[C@H]2OC(C)=O)[C@H]2[C@@H]1CC(=O)[C@@H]2C. The Hall–Kier alpha value is -4.96. The smallest absolute Gasteiger partial charge is 0.337 e. The molecule has 2 saturated heterocycles. The van der Waals surface area contributed by atoms with Crippen LogP contribution in [0.5, 0.6) is 5.75 Å². The Balaban J connectivity index is 1.36. The van der Waals surface area contributed by atoms with Crippen LogP contribution in [-0.4, -0.2) is 144 Å². The molecular weight excluding hydrogens is 776 g/mol. The first kappa shape index (κ1) is 44.1. The molecule has 0 aromatic heterocycles. The lowest BCUT2D eigenvalue weighted by Gasteiger charge is -2.45. The average molecular weight is 823 g/mol. The number of carbonyl (C=O) groups excluding carboxylic acids is 6. The van der Waals surface area contributed by atoms with Crippen molar-refractivity contribution in [3.8, 4) is 5.75 Å². The first-order chi connectivity index (χ1) is 27.5. The Morgan fingerprint density at radius 2 is 1.47 bits per heavy atom. The minimum absolute atomic E-state index is 0.00829. The van der Waals surface area contributed by atoms with Crippen LogP contribution in [0.15, 0.2) is 42.2 Å². The molecule has 1 aromatic carbocycles. The molecule has 20 nitrogen and oxygen atoms in total. The number of hydrogen-bond donors (Lipinski definition) is 4. The number of rotatable bonds is 13. The van der Waals surface area contributed by atoms with Crippen molar-refractivity contribution < 1.29 is 96.6 Å². The summed E-state index contributed by atoms with van der Waals surface area (Å²) in [5, 5.41) is 39.7. The van der Waals surface area contributed by atoms with Gasteiger partial charge in [0.05, 0.1) is 25.6 Å². The van der Waals surface area contributed by atoms with E-state index < -0.39 is 129 Å². The number of benzene rings is 1. The summed E-state index contributed by atoms with van der Waals surface area (Å²) in [5.41, 5.74) is 0.557. The lowest BCUT2D eigenvalue weighted by atomic mass is 9.83. The molecule has 0 unspecified atom stereocenters. The minimum atomic E-state index is -1.64. The lowest BCUT2D eigenvalue weighted by molar-refractivity contribution is -0.344. The lowest BCUT2D eigenvalue weighted by Crippen LogP contribution is -2.63. The fraction of sp³-hybridized carbons (Fsp3) is 0.579. The van der Waals surface area contributed by atoms with E-state index in [0.717, 1.165) is 33.1 Å². The number of aliphatic hydroxyl groups is 4. The Morgan fingerprint density at radius 3 is 2.09 bits per heavy atom. The van der Waals surface area contributed by atoms with Crippen LogP contribution >= 0.6 is 0 Å². The standard InChI is InChI=1S/C38H46O20/c1-16-24(43)12-22-23(35(48)49-5)14-51-36(28(16)22)58-38-34(53-19(4)42)33(52-18(3)41)32(26(56-38)15-50-17(2)40)57-27(44)11-8-20-6-9-21(10-7-20)54-37-31(47)30(46)29(45)25(13-39)55-37/h6-11,14,16,22,25-26,28-34,36-39,45-47H,12-13,15H2,1-5H3/t16-,22+,25-,26+,28+,29-,30+,31-,32+,33-,34+,36-,37-,38-/m0/s1. The number of hydrogen-bond acceptors (Lipinski definition) is 20. The maximum absolute atomic E-state index is 13.3. The van der Waals surface area contributed by atoms with Gasteiger partial charge in [-0.15, -0.1) is 0 Å².